The van der Waals surface area contributed by atoms with Crippen molar-refractivity contribution in [2.45, 2.75) is 65.2 Å². The lowest BCUT2D eigenvalue weighted by atomic mass is 9.82. The molecule has 0 saturated heterocycles. The van der Waals surface area contributed by atoms with Crippen molar-refractivity contribution >= 4 is 17.6 Å². The number of anilines is 1. The number of hydrogen-bond donors (Lipinski definition) is 1. The van der Waals surface area contributed by atoms with Gasteiger partial charge in [0.25, 0.3) is 0 Å². The molecule has 12 heteroatoms. The minimum Gasteiger partial charge on any atom is -0.478 e. The van der Waals surface area contributed by atoms with Crippen LogP contribution in [0.3, 0.4) is 0 Å². The number of carbonyl (C=O) groups is 2. The molecule has 0 radical (unpaired) electrons. The number of carbonyl (C=O) groups excluding carboxylic acids is 1. The van der Waals surface area contributed by atoms with Crippen molar-refractivity contribution in [2.75, 3.05) is 4.90 Å². The smallest absolute Gasteiger partial charge is 0.421 e. The molecule has 1 fully saturated rings. The Balaban J connectivity index is 1.48. The third kappa shape index (κ3) is 6.39. The zero-order chi connectivity index (χ0) is 31.8. The van der Waals surface area contributed by atoms with Gasteiger partial charge in [0.2, 0.25) is 11.8 Å². The van der Waals surface area contributed by atoms with Crippen molar-refractivity contribution in [3.05, 3.63) is 77.5 Å². The molecule has 3 aliphatic rings. The second kappa shape index (κ2) is 12.3. The molecule has 8 nitrogen and oxygen atoms in total. The summed E-state index contributed by atoms with van der Waals surface area (Å²) in [4.78, 5) is 35.2. The maximum Gasteiger partial charge on any atom is 0.421 e. The summed E-state index contributed by atoms with van der Waals surface area (Å²) < 4.78 is 65.0. The molecule has 2 aromatic rings. The summed E-state index contributed by atoms with van der Waals surface area (Å²) in [6, 6.07) is 7.32. The summed E-state index contributed by atoms with van der Waals surface area (Å²) in [5.41, 5.74) is -0.924. The largest absolute Gasteiger partial charge is 0.478 e. The van der Waals surface area contributed by atoms with Crippen LogP contribution in [0.4, 0.5) is 23.2 Å². The van der Waals surface area contributed by atoms with Gasteiger partial charge in [-0.15, -0.1) is 0 Å². The fraction of sp³-hybridized carbons (Fsp3) is 0.375. The van der Waals surface area contributed by atoms with Gasteiger partial charge in [-0.05, 0) is 75.3 Å². The second-order valence-corrected chi connectivity index (χ2v) is 11.5. The van der Waals surface area contributed by atoms with Gasteiger partial charge in [-0.3, -0.25) is 4.79 Å². The van der Waals surface area contributed by atoms with E-state index in [4.69, 9.17) is 4.74 Å². The predicted octanol–water partition coefficient (Wildman–Crippen LogP) is 7.65. The highest BCUT2D eigenvalue weighted by Crippen LogP contribution is 2.40. The number of carboxylic acid groups (broad SMARTS) is 1. The lowest BCUT2D eigenvalue weighted by molar-refractivity contribution is -0.139. The Bertz CT molecular complexity index is 1640. The summed E-state index contributed by atoms with van der Waals surface area (Å²) in [5.74, 6) is -3.93. The fourth-order valence-corrected chi connectivity index (χ4v) is 5.67. The molecule has 1 aliphatic carbocycles. The van der Waals surface area contributed by atoms with Gasteiger partial charge in [0, 0.05) is 48.2 Å². The van der Waals surface area contributed by atoms with E-state index in [0.717, 1.165) is 36.6 Å². The summed E-state index contributed by atoms with van der Waals surface area (Å²) in [6.07, 6.45) is 2.49. The summed E-state index contributed by atoms with van der Waals surface area (Å²) in [6.45, 7) is 5.50. The number of aromatic nitrogens is 3. The van der Waals surface area contributed by atoms with E-state index >= 15 is 4.39 Å². The first-order chi connectivity index (χ1) is 20.8. The van der Waals surface area contributed by atoms with E-state index in [1.54, 1.807) is 42.9 Å². The van der Waals surface area contributed by atoms with Gasteiger partial charge in [-0.25, -0.2) is 19.2 Å². The van der Waals surface area contributed by atoms with Crippen molar-refractivity contribution in [1.29, 1.82) is 0 Å². The highest BCUT2D eigenvalue weighted by molar-refractivity contribution is 6.03. The Hall–Kier alpha value is -4.48. The van der Waals surface area contributed by atoms with E-state index < -0.39 is 46.8 Å². The van der Waals surface area contributed by atoms with E-state index in [-0.39, 0.29) is 29.6 Å². The van der Waals surface area contributed by atoms with Crippen LogP contribution in [0, 0.1) is 17.7 Å². The van der Waals surface area contributed by atoms with Crippen LogP contribution in [0.25, 0.3) is 11.4 Å². The molecule has 44 heavy (non-hydrogen) atoms. The maximum absolute atomic E-state index is 15.5. The van der Waals surface area contributed by atoms with Crippen molar-refractivity contribution in [2.24, 2.45) is 11.8 Å². The number of aromatic carboxylic acids is 1. The van der Waals surface area contributed by atoms with Gasteiger partial charge in [0.15, 0.2) is 11.6 Å². The molecule has 0 atom stereocenters. The molecule has 5 rings (SSSR count). The Labute approximate surface area is 251 Å². The third-order valence-electron chi connectivity index (χ3n) is 7.95. The monoisotopic (exact) mass is 612 g/mol. The molecule has 1 saturated carbocycles. The Morgan fingerprint density at radius 3 is 2.50 bits per heavy atom. The number of fused-ring (bicyclic) bond motifs is 1. The van der Waals surface area contributed by atoms with Crippen LogP contribution >= 0.6 is 0 Å². The lowest BCUT2D eigenvalue weighted by Gasteiger charge is -2.34. The first kappa shape index (κ1) is 31.0. The predicted molar refractivity (Wildman–Crippen MR) is 154 cm³/mol. The summed E-state index contributed by atoms with van der Waals surface area (Å²) in [7, 11) is 0. The molecule has 1 aromatic heterocycles. The minimum absolute atomic E-state index is 0.0237. The summed E-state index contributed by atoms with van der Waals surface area (Å²) in [5, 5.41) is 10.0. The number of nitrogens with zero attached hydrogens (tertiary/aromatic N) is 4. The molecule has 2 aliphatic heterocycles. The quantitative estimate of drug-likeness (QED) is 0.205. The van der Waals surface area contributed by atoms with Gasteiger partial charge in [0.05, 0.1) is 17.8 Å². The molecular formula is C32H32F4N4O4. The van der Waals surface area contributed by atoms with E-state index in [2.05, 4.69) is 16.9 Å². The summed E-state index contributed by atoms with van der Waals surface area (Å²) >= 11 is 0. The Kier molecular flexibility index (Phi) is 8.62. The van der Waals surface area contributed by atoms with Crippen LogP contribution in [0.2, 0.25) is 0 Å². The lowest BCUT2D eigenvalue weighted by Crippen LogP contribution is -2.43. The maximum atomic E-state index is 15.5. The van der Waals surface area contributed by atoms with Gasteiger partial charge in [0.1, 0.15) is 11.4 Å². The number of alkyl halides is 3. The number of benzene rings is 1. The van der Waals surface area contributed by atoms with Crippen LogP contribution in [0.5, 0.6) is 11.6 Å². The topological polar surface area (TPSA) is 97.6 Å². The normalized spacial score (nSPS) is 17.2. The van der Waals surface area contributed by atoms with Crippen molar-refractivity contribution in [1.82, 2.24) is 14.5 Å². The van der Waals surface area contributed by atoms with Crippen LogP contribution in [0.1, 0.15) is 67.9 Å². The van der Waals surface area contributed by atoms with Crippen LogP contribution < -0.4 is 9.64 Å². The number of rotatable bonds is 8. The average Bonchev–Trinajstić information content (AvgIpc) is 3.45. The molecule has 3 heterocycles. The molecule has 232 valence electrons. The zero-order valence-electron chi connectivity index (χ0n) is 24.4. The number of hydrogen-bond acceptors (Lipinski definition) is 5. The molecule has 0 unspecified atom stereocenters. The van der Waals surface area contributed by atoms with Gasteiger partial charge < -0.3 is 19.3 Å². The Morgan fingerprint density at radius 2 is 1.84 bits per heavy atom. The number of halogens is 4. The molecule has 0 spiro atoms. The van der Waals surface area contributed by atoms with Crippen molar-refractivity contribution in [3.8, 4) is 23.0 Å². The first-order valence-corrected chi connectivity index (χ1v) is 14.4. The van der Waals surface area contributed by atoms with E-state index in [0.29, 0.717) is 24.6 Å². The molecule has 1 aromatic carbocycles. The van der Waals surface area contributed by atoms with Crippen LogP contribution in [-0.2, 0) is 17.5 Å². The SMILES string of the molecule is CC1CCC(C(=O)N(c2cc(F)c(Oc3ncc(Cn4cccc5ccnc4-5)cc3C(F)(F)F)cc2C(=O)O)C(C)C)CC1. The fourth-order valence-electron chi connectivity index (χ4n) is 5.67. The van der Waals surface area contributed by atoms with Crippen molar-refractivity contribution in [3.63, 3.8) is 0 Å². The van der Waals surface area contributed by atoms with Crippen LogP contribution in [0.15, 0.2) is 55.0 Å². The number of pyridine rings is 2. The molecule has 1 N–H and O–H groups in total. The van der Waals surface area contributed by atoms with Gasteiger partial charge in [-0.1, -0.05) is 6.92 Å². The highest BCUT2D eigenvalue weighted by Gasteiger charge is 2.37. The number of ether oxygens (including phenoxy) is 1. The van der Waals surface area contributed by atoms with Crippen molar-refractivity contribution < 1.29 is 37.0 Å². The number of carboxylic acids is 1. The zero-order valence-corrected chi connectivity index (χ0v) is 24.4. The number of amides is 1. The van der Waals surface area contributed by atoms with Gasteiger partial charge in [-0.2, -0.15) is 13.2 Å². The minimum atomic E-state index is -4.92. The average molecular weight is 613 g/mol. The van der Waals surface area contributed by atoms with E-state index in [9.17, 15) is 27.9 Å². The van der Waals surface area contributed by atoms with Gasteiger partial charge >= 0.3 is 12.1 Å². The highest BCUT2D eigenvalue weighted by atomic mass is 19.4. The van der Waals surface area contributed by atoms with Crippen LogP contribution in [-0.4, -0.2) is 37.6 Å². The molecule has 0 bridgehead atoms. The van der Waals surface area contributed by atoms with E-state index in [1.165, 1.54) is 11.1 Å². The standard InChI is InChI=1S/C32H32F4N4O4/c1-18(2)40(30(41)22-8-6-19(3)7-9-22)26-15-25(33)27(14-23(26)31(42)43)44-29-24(32(34,35)36)13-20(16-38-29)17-39-12-4-5-21-10-11-37-28(21)39/h4-5,10-16,18-19,22H,6-9,17H2,1-3H3,(H,42,43). The molecular weight excluding hydrogens is 580 g/mol. The third-order valence-corrected chi connectivity index (χ3v) is 7.95. The Morgan fingerprint density at radius 1 is 1.11 bits per heavy atom. The molecule has 1 amide bonds. The second-order valence-electron chi connectivity index (χ2n) is 11.5. The first-order valence-electron chi connectivity index (χ1n) is 14.4. The van der Waals surface area contributed by atoms with E-state index in [1.807, 2.05) is 6.07 Å².